The smallest absolute Gasteiger partial charge is 0.0622 e. The molecule has 0 unspecified atom stereocenters. The van der Waals surface area contributed by atoms with Crippen molar-refractivity contribution >= 4 is 0 Å². The molecule has 0 aromatic carbocycles. The van der Waals surface area contributed by atoms with Crippen molar-refractivity contribution in [2.24, 2.45) is 34.5 Å². The Morgan fingerprint density at radius 3 is 2.50 bits per heavy atom. The average Bonchev–Trinajstić information content (AvgIpc) is 2.76. The highest BCUT2D eigenvalue weighted by Crippen LogP contribution is 2.67. The summed E-state index contributed by atoms with van der Waals surface area (Å²) >= 11 is 0. The first-order valence-electron chi connectivity index (χ1n) is 9.67. The molecular formula is C21H34O. The third-order valence-electron chi connectivity index (χ3n) is 8.91. The minimum Gasteiger partial charge on any atom is -0.390 e. The van der Waals surface area contributed by atoms with E-state index in [1.54, 1.807) is 5.57 Å². The summed E-state index contributed by atoms with van der Waals surface area (Å²) in [6.45, 7) is 11.6. The van der Waals surface area contributed by atoms with Crippen molar-refractivity contribution in [1.29, 1.82) is 0 Å². The van der Waals surface area contributed by atoms with E-state index in [0.29, 0.717) is 10.8 Å². The predicted molar refractivity (Wildman–Crippen MR) is 91.5 cm³/mol. The van der Waals surface area contributed by atoms with Crippen LogP contribution in [0.4, 0.5) is 0 Å². The van der Waals surface area contributed by atoms with E-state index >= 15 is 0 Å². The van der Waals surface area contributed by atoms with Gasteiger partial charge in [0.05, 0.1) is 5.60 Å². The summed E-state index contributed by atoms with van der Waals surface area (Å²) in [7, 11) is 0. The van der Waals surface area contributed by atoms with Crippen LogP contribution in [0.5, 0.6) is 0 Å². The van der Waals surface area contributed by atoms with Crippen LogP contribution < -0.4 is 0 Å². The zero-order chi connectivity index (χ0) is 15.8. The van der Waals surface area contributed by atoms with Crippen LogP contribution in [0.15, 0.2) is 12.2 Å². The van der Waals surface area contributed by atoms with E-state index in [-0.39, 0.29) is 0 Å². The molecule has 4 fully saturated rings. The molecule has 4 aliphatic carbocycles. The highest BCUT2D eigenvalue weighted by atomic mass is 16.3. The van der Waals surface area contributed by atoms with E-state index < -0.39 is 5.60 Å². The van der Waals surface area contributed by atoms with Gasteiger partial charge < -0.3 is 5.11 Å². The summed E-state index contributed by atoms with van der Waals surface area (Å²) in [5.41, 5.74) is 2.10. The van der Waals surface area contributed by atoms with Gasteiger partial charge in [0.2, 0.25) is 0 Å². The number of hydrogen-bond donors (Lipinski definition) is 1. The Labute approximate surface area is 136 Å². The Balaban J connectivity index is 1.63. The van der Waals surface area contributed by atoms with Crippen LogP contribution in [-0.4, -0.2) is 10.7 Å². The van der Waals surface area contributed by atoms with Crippen LogP contribution in [0.25, 0.3) is 0 Å². The number of hydrogen-bond acceptors (Lipinski definition) is 1. The Morgan fingerprint density at radius 2 is 1.73 bits per heavy atom. The zero-order valence-electron chi connectivity index (χ0n) is 14.8. The van der Waals surface area contributed by atoms with Gasteiger partial charge in [-0.25, -0.2) is 0 Å². The minimum absolute atomic E-state index is 0.401. The van der Waals surface area contributed by atoms with Crippen molar-refractivity contribution in [3.63, 3.8) is 0 Å². The number of aliphatic hydroxyl groups is 1. The second-order valence-corrected chi connectivity index (χ2v) is 9.96. The van der Waals surface area contributed by atoms with Crippen molar-refractivity contribution < 1.29 is 5.11 Å². The lowest BCUT2D eigenvalue weighted by Gasteiger charge is -2.61. The minimum atomic E-state index is -0.401. The van der Waals surface area contributed by atoms with E-state index in [1.807, 2.05) is 0 Å². The SMILES string of the molecule is C=C1CC[C@@H]2[C@H]3CC[C@H]4C[C@@](C)(O)CC[C@@]4(C)[C@@H]3CC[C@@]12C. The molecule has 0 bridgehead atoms. The topological polar surface area (TPSA) is 20.2 Å². The van der Waals surface area contributed by atoms with Crippen molar-refractivity contribution in [1.82, 2.24) is 0 Å². The maximum atomic E-state index is 10.5. The third kappa shape index (κ3) is 1.93. The van der Waals surface area contributed by atoms with E-state index in [4.69, 9.17) is 0 Å². The van der Waals surface area contributed by atoms with Gasteiger partial charge in [-0.3, -0.25) is 0 Å². The number of allylic oxidation sites excluding steroid dienone is 1. The maximum Gasteiger partial charge on any atom is 0.0622 e. The molecular weight excluding hydrogens is 268 g/mol. The molecule has 1 heteroatoms. The predicted octanol–water partition coefficient (Wildman–Crippen LogP) is 5.34. The quantitative estimate of drug-likeness (QED) is 0.599. The maximum absolute atomic E-state index is 10.5. The highest BCUT2D eigenvalue weighted by molar-refractivity contribution is 5.21. The molecule has 0 heterocycles. The summed E-state index contributed by atoms with van der Waals surface area (Å²) in [4.78, 5) is 0. The van der Waals surface area contributed by atoms with Crippen molar-refractivity contribution in [3.05, 3.63) is 12.2 Å². The van der Waals surface area contributed by atoms with Crippen molar-refractivity contribution in [2.45, 2.75) is 84.2 Å². The summed E-state index contributed by atoms with van der Waals surface area (Å²) in [5.74, 6) is 3.50. The average molecular weight is 303 g/mol. The van der Waals surface area contributed by atoms with Crippen LogP contribution in [0.1, 0.15) is 78.6 Å². The third-order valence-corrected chi connectivity index (χ3v) is 8.91. The molecule has 0 spiro atoms. The first kappa shape index (κ1) is 15.2. The molecule has 4 rings (SSSR count). The standard InChI is InChI=1S/C21H34O/c1-14-5-8-17-16-7-6-15-13-19(2,22)11-12-21(15,4)18(16)9-10-20(14,17)3/h15-18,22H,1,5-13H2,2-4H3/t15-,16+,17+,18+,19-,20-,21+/m0/s1. The van der Waals surface area contributed by atoms with Gasteiger partial charge in [-0.2, -0.15) is 0 Å². The summed E-state index contributed by atoms with van der Waals surface area (Å²) in [5, 5.41) is 10.5. The van der Waals surface area contributed by atoms with Crippen LogP contribution in [-0.2, 0) is 0 Å². The lowest BCUT2D eigenvalue weighted by atomic mass is 9.44. The van der Waals surface area contributed by atoms with Gasteiger partial charge >= 0.3 is 0 Å². The molecule has 22 heavy (non-hydrogen) atoms. The molecule has 4 aliphatic rings. The van der Waals surface area contributed by atoms with Crippen molar-refractivity contribution in [2.75, 3.05) is 0 Å². The molecule has 0 aromatic heterocycles. The molecule has 0 radical (unpaired) electrons. The summed E-state index contributed by atoms with van der Waals surface area (Å²) in [6.07, 6.45) is 11.5. The lowest BCUT2D eigenvalue weighted by Crippen LogP contribution is -2.55. The van der Waals surface area contributed by atoms with Crippen molar-refractivity contribution in [3.8, 4) is 0 Å². The Morgan fingerprint density at radius 1 is 0.955 bits per heavy atom. The van der Waals surface area contributed by atoms with Gasteiger partial charge in [0.15, 0.2) is 0 Å². The Bertz CT molecular complexity index is 492. The summed E-state index contributed by atoms with van der Waals surface area (Å²) in [6, 6.07) is 0. The monoisotopic (exact) mass is 302 g/mol. The fraction of sp³-hybridized carbons (Fsp3) is 0.905. The van der Waals surface area contributed by atoms with Gasteiger partial charge in [-0.1, -0.05) is 26.0 Å². The fourth-order valence-electron chi connectivity index (χ4n) is 7.34. The molecule has 1 nitrogen and oxygen atoms in total. The molecule has 7 atom stereocenters. The van der Waals surface area contributed by atoms with Gasteiger partial charge in [-0.05, 0) is 99.2 Å². The first-order chi connectivity index (χ1) is 10.3. The zero-order valence-corrected chi connectivity index (χ0v) is 14.8. The highest BCUT2D eigenvalue weighted by Gasteiger charge is 2.59. The molecule has 124 valence electrons. The van der Waals surface area contributed by atoms with Crippen LogP contribution in [0, 0.1) is 34.5 Å². The number of rotatable bonds is 0. The second kappa shape index (κ2) is 4.62. The molecule has 0 saturated heterocycles. The molecule has 4 saturated carbocycles. The molecule has 1 N–H and O–H groups in total. The van der Waals surface area contributed by atoms with Crippen LogP contribution in [0.2, 0.25) is 0 Å². The van der Waals surface area contributed by atoms with Gasteiger partial charge in [0.1, 0.15) is 0 Å². The van der Waals surface area contributed by atoms with Crippen LogP contribution >= 0.6 is 0 Å². The van der Waals surface area contributed by atoms with Gasteiger partial charge in [-0.15, -0.1) is 0 Å². The lowest BCUT2D eigenvalue weighted by molar-refractivity contribution is -0.139. The van der Waals surface area contributed by atoms with Gasteiger partial charge in [0.25, 0.3) is 0 Å². The normalized spacial score (nSPS) is 57.9. The largest absolute Gasteiger partial charge is 0.390 e. The van der Waals surface area contributed by atoms with E-state index in [9.17, 15) is 5.11 Å². The van der Waals surface area contributed by atoms with E-state index in [0.717, 1.165) is 36.5 Å². The molecule has 0 amide bonds. The second-order valence-electron chi connectivity index (χ2n) is 9.96. The van der Waals surface area contributed by atoms with E-state index in [1.165, 1.54) is 44.9 Å². The Hall–Kier alpha value is -0.300. The number of fused-ring (bicyclic) bond motifs is 5. The van der Waals surface area contributed by atoms with Crippen LogP contribution in [0.3, 0.4) is 0 Å². The fourth-order valence-corrected chi connectivity index (χ4v) is 7.34. The first-order valence-corrected chi connectivity index (χ1v) is 9.67. The molecule has 0 aliphatic heterocycles. The summed E-state index contributed by atoms with van der Waals surface area (Å²) < 4.78 is 0. The van der Waals surface area contributed by atoms with Gasteiger partial charge in [0, 0.05) is 0 Å². The molecule has 0 aromatic rings. The Kier molecular flexibility index (Phi) is 3.20. The van der Waals surface area contributed by atoms with E-state index in [2.05, 4.69) is 27.4 Å².